The molecule has 2 aromatic rings. The van der Waals surface area contributed by atoms with Crippen molar-refractivity contribution < 1.29 is 0 Å². The molecule has 1 heterocycles. The lowest BCUT2D eigenvalue weighted by atomic mass is 10.0. The Morgan fingerprint density at radius 3 is 2.65 bits per heavy atom. The summed E-state index contributed by atoms with van der Waals surface area (Å²) in [6, 6.07) is 7.77. The number of aryl methyl sites for hydroxylation is 1. The minimum absolute atomic E-state index is 0. The van der Waals surface area contributed by atoms with Crippen molar-refractivity contribution in [2.45, 2.75) is 6.54 Å². The summed E-state index contributed by atoms with van der Waals surface area (Å²) in [6.45, 7) is 0.433. The predicted octanol–water partition coefficient (Wildman–Crippen LogP) is 1.84. The predicted molar refractivity (Wildman–Crippen MR) is 68.5 cm³/mol. The number of hydrogen-bond acceptors (Lipinski definition) is 3. The van der Waals surface area contributed by atoms with E-state index < -0.39 is 0 Å². The highest BCUT2D eigenvalue weighted by Gasteiger charge is 2.04. The van der Waals surface area contributed by atoms with E-state index in [0.717, 1.165) is 16.7 Å². The molecule has 88 valence electrons. The molecule has 0 radical (unpaired) electrons. The first-order chi connectivity index (χ1) is 7.72. The monoisotopic (exact) mass is 248 g/mol. The van der Waals surface area contributed by atoms with E-state index in [2.05, 4.69) is 11.2 Å². The summed E-state index contributed by atoms with van der Waals surface area (Å²) in [6.07, 6.45) is 3.69. The van der Waals surface area contributed by atoms with E-state index in [4.69, 9.17) is 11.0 Å². The number of hydrogen-bond donors (Lipinski definition) is 1. The van der Waals surface area contributed by atoms with E-state index in [0.29, 0.717) is 12.1 Å². The number of halogens is 1. The number of benzene rings is 1. The van der Waals surface area contributed by atoms with E-state index in [1.807, 2.05) is 25.4 Å². The average molecular weight is 249 g/mol. The summed E-state index contributed by atoms with van der Waals surface area (Å²) in [4.78, 5) is 0. The molecular formula is C12H13ClN4. The van der Waals surface area contributed by atoms with Crippen LogP contribution in [0.3, 0.4) is 0 Å². The van der Waals surface area contributed by atoms with Crippen molar-refractivity contribution in [3.8, 4) is 17.2 Å². The van der Waals surface area contributed by atoms with E-state index in [1.54, 1.807) is 16.9 Å². The number of nitrogens with two attached hydrogens (primary N) is 1. The van der Waals surface area contributed by atoms with Crippen LogP contribution in [0.25, 0.3) is 11.1 Å². The fraction of sp³-hybridized carbons (Fsp3) is 0.167. The van der Waals surface area contributed by atoms with Crippen LogP contribution in [-0.4, -0.2) is 9.78 Å². The molecule has 0 unspecified atom stereocenters. The normalized spacial score (nSPS) is 9.47. The van der Waals surface area contributed by atoms with Crippen molar-refractivity contribution in [1.82, 2.24) is 9.78 Å². The number of nitriles is 1. The summed E-state index contributed by atoms with van der Waals surface area (Å²) in [5, 5.41) is 13.0. The van der Waals surface area contributed by atoms with Crippen molar-refractivity contribution in [1.29, 1.82) is 5.26 Å². The average Bonchev–Trinajstić information content (AvgIpc) is 2.75. The van der Waals surface area contributed by atoms with Gasteiger partial charge in [0.05, 0.1) is 17.8 Å². The maximum absolute atomic E-state index is 8.92. The topological polar surface area (TPSA) is 67.6 Å². The summed E-state index contributed by atoms with van der Waals surface area (Å²) in [7, 11) is 1.86. The molecule has 0 aliphatic rings. The van der Waals surface area contributed by atoms with E-state index >= 15 is 0 Å². The van der Waals surface area contributed by atoms with Gasteiger partial charge < -0.3 is 5.73 Å². The molecule has 0 atom stereocenters. The van der Waals surface area contributed by atoms with Crippen molar-refractivity contribution >= 4 is 12.4 Å². The second kappa shape index (κ2) is 5.48. The van der Waals surface area contributed by atoms with Crippen LogP contribution in [0.1, 0.15) is 11.1 Å². The number of nitrogens with zero attached hydrogens (tertiary/aromatic N) is 3. The maximum Gasteiger partial charge on any atom is 0.0991 e. The number of aromatic nitrogens is 2. The maximum atomic E-state index is 8.92. The highest BCUT2D eigenvalue weighted by Crippen LogP contribution is 2.21. The lowest BCUT2D eigenvalue weighted by molar-refractivity contribution is 0.768. The van der Waals surface area contributed by atoms with E-state index in [1.165, 1.54) is 0 Å². The van der Waals surface area contributed by atoms with Crippen LogP contribution < -0.4 is 5.73 Å². The van der Waals surface area contributed by atoms with Crippen LogP contribution in [0.4, 0.5) is 0 Å². The Kier molecular flexibility index (Phi) is 4.27. The minimum atomic E-state index is 0. The molecule has 0 aliphatic heterocycles. The van der Waals surface area contributed by atoms with Gasteiger partial charge in [0.1, 0.15) is 0 Å². The second-order valence-corrected chi connectivity index (χ2v) is 3.64. The third-order valence-corrected chi connectivity index (χ3v) is 2.40. The zero-order valence-corrected chi connectivity index (χ0v) is 10.2. The summed E-state index contributed by atoms with van der Waals surface area (Å²) in [5.41, 5.74) is 9.15. The Labute approximate surface area is 106 Å². The van der Waals surface area contributed by atoms with Gasteiger partial charge in [0.15, 0.2) is 0 Å². The van der Waals surface area contributed by atoms with Crippen molar-refractivity contribution in [2.24, 2.45) is 12.8 Å². The fourth-order valence-corrected chi connectivity index (χ4v) is 1.61. The Hall–Kier alpha value is -1.83. The molecule has 2 rings (SSSR count). The van der Waals surface area contributed by atoms with Crippen LogP contribution in [0, 0.1) is 11.3 Å². The van der Waals surface area contributed by atoms with Gasteiger partial charge in [-0.2, -0.15) is 10.4 Å². The molecule has 5 heteroatoms. The minimum Gasteiger partial charge on any atom is -0.326 e. The van der Waals surface area contributed by atoms with Gasteiger partial charge in [-0.3, -0.25) is 4.68 Å². The fourth-order valence-electron chi connectivity index (χ4n) is 1.61. The van der Waals surface area contributed by atoms with E-state index in [9.17, 15) is 0 Å². The molecule has 0 spiro atoms. The van der Waals surface area contributed by atoms with Crippen molar-refractivity contribution in [3.63, 3.8) is 0 Å². The van der Waals surface area contributed by atoms with Gasteiger partial charge in [0.2, 0.25) is 0 Å². The second-order valence-electron chi connectivity index (χ2n) is 3.64. The van der Waals surface area contributed by atoms with Crippen LogP contribution in [0.5, 0.6) is 0 Å². The van der Waals surface area contributed by atoms with Crippen molar-refractivity contribution in [3.05, 3.63) is 41.7 Å². The Morgan fingerprint density at radius 1 is 1.35 bits per heavy atom. The SMILES string of the molecule is Cl.Cn1cc(-c2cc(C#N)cc(CN)c2)cn1. The molecule has 0 amide bonds. The smallest absolute Gasteiger partial charge is 0.0991 e. The highest BCUT2D eigenvalue weighted by molar-refractivity contribution is 5.85. The van der Waals surface area contributed by atoms with Crippen LogP contribution in [0.15, 0.2) is 30.6 Å². The largest absolute Gasteiger partial charge is 0.326 e. The van der Waals surface area contributed by atoms with Crippen LogP contribution in [-0.2, 0) is 13.6 Å². The Morgan fingerprint density at radius 2 is 2.12 bits per heavy atom. The summed E-state index contributed by atoms with van der Waals surface area (Å²) < 4.78 is 1.73. The highest BCUT2D eigenvalue weighted by atomic mass is 35.5. The molecule has 0 aliphatic carbocycles. The van der Waals surface area contributed by atoms with Gasteiger partial charge in [-0.15, -0.1) is 12.4 Å². The van der Waals surface area contributed by atoms with E-state index in [-0.39, 0.29) is 12.4 Å². The standard InChI is InChI=1S/C12H12N4.ClH/c1-16-8-12(7-15-16)11-3-9(5-13)2-10(4-11)6-14;/h2-4,7-8H,5,13H2,1H3;1H. The van der Waals surface area contributed by atoms with Gasteiger partial charge in [-0.05, 0) is 29.3 Å². The first-order valence-electron chi connectivity index (χ1n) is 4.96. The zero-order valence-electron chi connectivity index (χ0n) is 9.42. The summed E-state index contributed by atoms with van der Waals surface area (Å²) in [5.74, 6) is 0. The van der Waals surface area contributed by atoms with Gasteiger partial charge >= 0.3 is 0 Å². The number of rotatable bonds is 2. The molecule has 2 N–H and O–H groups in total. The molecule has 0 saturated carbocycles. The van der Waals surface area contributed by atoms with Crippen molar-refractivity contribution in [2.75, 3.05) is 0 Å². The third kappa shape index (κ3) is 2.84. The quantitative estimate of drug-likeness (QED) is 0.882. The van der Waals surface area contributed by atoms with Gasteiger partial charge in [0.25, 0.3) is 0 Å². The first-order valence-corrected chi connectivity index (χ1v) is 4.96. The van der Waals surface area contributed by atoms with Gasteiger partial charge in [0, 0.05) is 25.4 Å². The molecule has 1 aromatic carbocycles. The Bertz CT molecular complexity index is 554. The lowest BCUT2D eigenvalue weighted by Crippen LogP contribution is -1.97. The Balaban J connectivity index is 0.00000144. The molecule has 4 nitrogen and oxygen atoms in total. The van der Waals surface area contributed by atoms with Crippen LogP contribution >= 0.6 is 12.4 Å². The summed E-state index contributed by atoms with van der Waals surface area (Å²) >= 11 is 0. The molecule has 0 saturated heterocycles. The first kappa shape index (κ1) is 13.2. The molecule has 0 bridgehead atoms. The molecular weight excluding hydrogens is 236 g/mol. The third-order valence-electron chi connectivity index (χ3n) is 2.40. The van der Waals surface area contributed by atoms with Gasteiger partial charge in [-0.1, -0.05) is 0 Å². The molecule has 1 aromatic heterocycles. The molecule has 0 fully saturated rings. The lowest BCUT2D eigenvalue weighted by Gasteiger charge is -2.02. The van der Waals surface area contributed by atoms with Crippen LogP contribution in [0.2, 0.25) is 0 Å². The van der Waals surface area contributed by atoms with Gasteiger partial charge in [-0.25, -0.2) is 0 Å². The molecule has 17 heavy (non-hydrogen) atoms. The zero-order chi connectivity index (χ0) is 11.5.